The fourth-order valence-corrected chi connectivity index (χ4v) is 4.29. The van der Waals surface area contributed by atoms with E-state index in [9.17, 15) is 24.4 Å². The summed E-state index contributed by atoms with van der Waals surface area (Å²) < 4.78 is 34.6. The number of fused-ring (bicyclic) bond motifs is 1. The first-order valence-electron chi connectivity index (χ1n) is 10.3. The average molecular weight is 487 g/mol. The van der Waals surface area contributed by atoms with Crippen LogP contribution in [0.1, 0.15) is 45.8 Å². The third-order valence-corrected chi connectivity index (χ3v) is 6.05. The van der Waals surface area contributed by atoms with Crippen LogP contribution >= 0.6 is 7.82 Å². The van der Waals surface area contributed by atoms with Gasteiger partial charge in [0, 0.05) is 12.8 Å². The molecule has 0 spiro atoms. The fourth-order valence-electron chi connectivity index (χ4n) is 3.14. The zero-order valence-corrected chi connectivity index (χ0v) is 19.0. The third kappa shape index (κ3) is 5.65. The predicted molar refractivity (Wildman–Crippen MR) is 111 cm³/mol. The van der Waals surface area contributed by atoms with Gasteiger partial charge in [0.15, 0.2) is 17.7 Å². The van der Waals surface area contributed by atoms with E-state index in [0.717, 1.165) is 0 Å². The maximum Gasteiger partial charge on any atom is 0.592 e. The number of rotatable bonds is 10. The number of hydrogen-bond acceptors (Lipinski definition) is 13. The fraction of sp³-hybridized carbons (Fsp3) is 0.611. The number of carbonyl (C=O) groups excluding carboxylic acids is 2. The molecule has 4 N–H and O–H groups in total. The highest BCUT2D eigenvalue weighted by Gasteiger charge is 2.46. The van der Waals surface area contributed by atoms with Crippen molar-refractivity contribution < 1.29 is 42.7 Å². The zero-order chi connectivity index (χ0) is 24.2. The van der Waals surface area contributed by atoms with Gasteiger partial charge in [0.05, 0.1) is 12.9 Å². The lowest BCUT2D eigenvalue weighted by molar-refractivity contribution is -0.141. The number of carbonyl (C=O) groups is 2. The Kier molecular flexibility index (Phi) is 7.97. The van der Waals surface area contributed by atoms with Crippen molar-refractivity contribution in [3.05, 3.63) is 12.7 Å². The molecule has 33 heavy (non-hydrogen) atoms. The van der Waals surface area contributed by atoms with Gasteiger partial charge < -0.3 is 29.7 Å². The van der Waals surface area contributed by atoms with Crippen LogP contribution in [0.25, 0.3) is 11.2 Å². The van der Waals surface area contributed by atoms with Crippen LogP contribution in [0.15, 0.2) is 12.7 Å². The molecule has 3 rings (SSSR count). The largest absolute Gasteiger partial charge is 0.592 e. The number of ether oxygens (including phenoxy) is 1. The zero-order valence-electron chi connectivity index (χ0n) is 18.1. The standard InChI is InChI=1S/C18H26N5O9P/c1-3-5-11(24)31-33(28,32-12(25)6-4-2)29-7-10-14(26)15(27)18(30-10)23-9-22-13-16(19)20-8-21-17(13)23/h8-10,14-15,18,26-27H,3-7H2,1-2H3,(H2,19,20,21)/t10-,14?,15?,18-/m1/s1. The minimum absolute atomic E-state index is 0.0687. The Bertz CT molecular complexity index is 1020. The van der Waals surface area contributed by atoms with Crippen molar-refractivity contribution in [1.82, 2.24) is 19.5 Å². The van der Waals surface area contributed by atoms with Gasteiger partial charge in [-0.1, -0.05) is 13.8 Å². The Morgan fingerprint density at radius 2 is 1.76 bits per heavy atom. The number of hydrogen-bond donors (Lipinski definition) is 3. The predicted octanol–water partition coefficient (Wildman–Crippen LogP) is 0.839. The number of phosphoric acid groups is 1. The highest BCUT2D eigenvalue weighted by atomic mass is 31.2. The SMILES string of the molecule is CCCC(=O)OP(=O)(OC[C@H]1O[C@@H](n2cnc3c(N)ncnc32)C(O)C1O)OC(=O)CCC. The Labute approximate surface area is 188 Å². The summed E-state index contributed by atoms with van der Waals surface area (Å²) in [4.78, 5) is 35.7. The molecular weight excluding hydrogens is 461 g/mol. The molecule has 1 aliphatic rings. The highest BCUT2D eigenvalue weighted by molar-refractivity contribution is 7.49. The van der Waals surface area contributed by atoms with E-state index in [2.05, 4.69) is 15.0 Å². The van der Waals surface area contributed by atoms with Crippen LogP contribution < -0.4 is 5.73 Å². The van der Waals surface area contributed by atoms with Gasteiger partial charge in [-0.2, -0.15) is 0 Å². The number of nitrogens with zero attached hydrogens (tertiary/aromatic N) is 4. The second-order valence-electron chi connectivity index (χ2n) is 7.30. The molecule has 1 fully saturated rings. The Balaban J connectivity index is 1.74. The van der Waals surface area contributed by atoms with Gasteiger partial charge in [-0.25, -0.2) is 19.5 Å². The maximum atomic E-state index is 12.9. The molecule has 182 valence electrons. The molecule has 4 atom stereocenters. The Morgan fingerprint density at radius 3 is 2.36 bits per heavy atom. The highest BCUT2D eigenvalue weighted by Crippen LogP contribution is 2.51. The van der Waals surface area contributed by atoms with Crippen molar-refractivity contribution in [2.45, 2.75) is 64.1 Å². The molecular formula is C18H26N5O9P. The monoisotopic (exact) mass is 487 g/mol. The smallest absolute Gasteiger partial charge is 0.387 e. The van der Waals surface area contributed by atoms with Gasteiger partial charge in [0.25, 0.3) is 0 Å². The number of nitrogen functional groups attached to an aromatic ring is 1. The van der Waals surface area contributed by atoms with Crippen molar-refractivity contribution in [3.8, 4) is 0 Å². The number of aliphatic hydroxyl groups is 2. The van der Waals surface area contributed by atoms with E-state index in [1.165, 1.54) is 17.2 Å². The number of aliphatic hydroxyl groups excluding tert-OH is 2. The second kappa shape index (κ2) is 10.5. The molecule has 0 amide bonds. The lowest BCUT2D eigenvalue weighted by atomic mass is 10.1. The lowest BCUT2D eigenvalue weighted by Gasteiger charge is -2.20. The van der Waals surface area contributed by atoms with Gasteiger partial charge in [-0.3, -0.25) is 18.7 Å². The van der Waals surface area contributed by atoms with Crippen molar-refractivity contribution in [2.75, 3.05) is 12.3 Å². The quantitative estimate of drug-likeness (QED) is 0.399. The first-order valence-corrected chi connectivity index (χ1v) is 11.8. The molecule has 0 saturated carbocycles. The van der Waals surface area contributed by atoms with Crippen molar-refractivity contribution >= 4 is 36.7 Å². The number of imidazole rings is 1. The molecule has 2 aromatic rings. The number of nitrogens with two attached hydrogens (primary N) is 1. The summed E-state index contributed by atoms with van der Waals surface area (Å²) in [7, 11) is -4.64. The van der Waals surface area contributed by atoms with Gasteiger partial charge in [-0.15, -0.1) is 0 Å². The van der Waals surface area contributed by atoms with Gasteiger partial charge >= 0.3 is 19.8 Å². The topological polar surface area (TPSA) is 198 Å². The molecule has 2 aromatic heterocycles. The molecule has 1 saturated heterocycles. The van der Waals surface area contributed by atoms with Gasteiger partial charge in [0.2, 0.25) is 0 Å². The lowest BCUT2D eigenvalue weighted by Crippen LogP contribution is -2.33. The van der Waals surface area contributed by atoms with Crippen LogP contribution in [0.2, 0.25) is 0 Å². The maximum absolute atomic E-state index is 12.9. The Hall–Kier alpha value is -2.64. The number of anilines is 1. The average Bonchev–Trinajstić information content (AvgIpc) is 3.29. The summed E-state index contributed by atoms with van der Waals surface area (Å²) in [5.41, 5.74) is 6.29. The van der Waals surface area contributed by atoms with E-state index in [-0.39, 0.29) is 29.8 Å². The summed E-state index contributed by atoms with van der Waals surface area (Å²) in [6, 6.07) is 0. The van der Waals surface area contributed by atoms with Crippen LogP contribution in [0.5, 0.6) is 0 Å². The summed E-state index contributed by atoms with van der Waals surface area (Å²) >= 11 is 0. The van der Waals surface area contributed by atoms with Crippen LogP contribution in [0.4, 0.5) is 5.82 Å². The molecule has 14 nitrogen and oxygen atoms in total. The first kappa shape index (κ1) is 25.0. The summed E-state index contributed by atoms with van der Waals surface area (Å²) in [5, 5.41) is 20.9. The molecule has 1 aliphatic heterocycles. The molecule has 0 bridgehead atoms. The minimum atomic E-state index is -4.64. The normalized spacial score (nSPS) is 23.0. The molecule has 15 heteroatoms. The summed E-state index contributed by atoms with van der Waals surface area (Å²) in [5.74, 6) is -1.63. The molecule has 0 radical (unpaired) electrons. The van der Waals surface area contributed by atoms with E-state index < -0.39 is 50.9 Å². The van der Waals surface area contributed by atoms with E-state index in [0.29, 0.717) is 12.8 Å². The van der Waals surface area contributed by atoms with Crippen LogP contribution in [0, 0.1) is 0 Å². The second-order valence-corrected chi connectivity index (χ2v) is 8.82. The van der Waals surface area contributed by atoms with E-state index >= 15 is 0 Å². The Morgan fingerprint density at radius 1 is 1.12 bits per heavy atom. The van der Waals surface area contributed by atoms with E-state index in [1.807, 2.05) is 0 Å². The van der Waals surface area contributed by atoms with Gasteiger partial charge in [0.1, 0.15) is 30.2 Å². The molecule has 3 heterocycles. The van der Waals surface area contributed by atoms with Gasteiger partial charge in [-0.05, 0) is 12.8 Å². The van der Waals surface area contributed by atoms with Crippen molar-refractivity contribution in [3.63, 3.8) is 0 Å². The first-order chi connectivity index (χ1) is 15.7. The number of phosphoric ester groups is 1. The van der Waals surface area contributed by atoms with Crippen LogP contribution in [-0.2, 0) is 32.5 Å². The van der Waals surface area contributed by atoms with Crippen molar-refractivity contribution in [1.29, 1.82) is 0 Å². The summed E-state index contributed by atoms with van der Waals surface area (Å²) in [6.45, 7) is 2.80. The van der Waals surface area contributed by atoms with Crippen molar-refractivity contribution in [2.24, 2.45) is 0 Å². The van der Waals surface area contributed by atoms with Crippen LogP contribution in [0.3, 0.4) is 0 Å². The molecule has 2 unspecified atom stereocenters. The van der Waals surface area contributed by atoms with E-state index in [4.69, 9.17) is 24.0 Å². The van der Waals surface area contributed by atoms with E-state index in [1.54, 1.807) is 13.8 Å². The minimum Gasteiger partial charge on any atom is -0.387 e. The number of aromatic nitrogens is 4. The van der Waals surface area contributed by atoms with Crippen LogP contribution in [-0.4, -0.2) is 66.6 Å². The molecule has 0 aliphatic carbocycles. The third-order valence-electron chi connectivity index (χ3n) is 4.73. The molecule has 0 aromatic carbocycles. The summed E-state index contributed by atoms with van der Waals surface area (Å²) in [6.07, 6.45) is -2.10.